The highest BCUT2D eigenvalue weighted by molar-refractivity contribution is 7.99. The normalized spacial score (nSPS) is 32.0. The average Bonchev–Trinajstić information content (AvgIpc) is 2.75. The lowest BCUT2D eigenvalue weighted by Crippen LogP contribution is -2.61. The molecule has 6 atom stereocenters. The Hall–Kier alpha value is -1.12. The first-order valence-corrected chi connectivity index (χ1v) is 11.2. The molecule has 29 heavy (non-hydrogen) atoms. The van der Waals surface area contributed by atoms with E-state index in [1.165, 1.54) is 0 Å². The van der Waals surface area contributed by atoms with E-state index in [0.717, 1.165) is 16.9 Å². The van der Waals surface area contributed by atoms with E-state index in [2.05, 4.69) is 0 Å². The SMILES string of the molecule is CCS[C@@H]1O[C@@H]2COC(c3ccccc3)O[C@H]2[C@H](OCc2ccc(Cl)cc2)[C@H]1O. The molecule has 0 saturated carbocycles. The topological polar surface area (TPSA) is 57.2 Å². The molecule has 2 aliphatic rings. The Bertz CT molecular complexity index is 775. The predicted octanol–water partition coefficient (Wildman–Crippen LogP) is 4.18. The Morgan fingerprint density at radius 3 is 2.59 bits per heavy atom. The Labute approximate surface area is 180 Å². The molecule has 2 heterocycles. The van der Waals surface area contributed by atoms with E-state index >= 15 is 0 Å². The lowest BCUT2D eigenvalue weighted by atomic mass is 9.98. The van der Waals surface area contributed by atoms with Gasteiger partial charge >= 0.3 is 0 Å². The van der Waals surface area contributed by atoms with Crippen LogP contribution in [0.5, 0.6) is 0 Å². The first-order chi connectivity index (χ1) is 14.2. The molecule has 0 bridgehead atoms. The van der Waals surface area contributed by atoms with Crippen molar-refractivity contribution in [3.05, 3.63) is 70.7 Å². The fourth-order valence-corrected chi connectivity index (χ4v) is 4.64. The van der Waals surface area contributed by atoms with Gasteiger partial charge in [0.1, 0.15) is 29.9 Å². The van der Waals surface area contributed by atoms with Gasteiger partial charge < -0.3 is 24.1 Å². The van der Waals surface area contributed by atoms with Gasteiger partial charge in [-0.3, -0.25) is 0 Å². The Kier molecular flexibility index (Phi) is 7.13. The average molecular weight is 437 g/mol. The molecule has 2 aliphatic heterocycles. The van der Waals surface area contributed by atoms with Crippen LogP contribution in [0.4, 0.5) is 0 Å². The fourth-order valence-electron chi connectivity index (χ4n) is 3.61. The minimum atomic E-state index is -0.803. The van der Waals surface area contributed by atoms with Crippen molar-refractivity contribution >= 4 is 23.4 Å². The summed E-state index contributed by atoms with van der Waals surface area (Å²) in [5.41, 5.74) is 1.54. The van der Waals surface area contributed by atoms with Crippen molar-refractivity contribution in [3.63, 3.8) is 0 Å². The van der Waals surface area contributed by atoms with Crippen LogP contribution in [0.1, 0.15) is 24.3 Å². The van der Waals surface area contributed by atoms with Gasteiger partial charge in [-0.2, -0.15) is 0 Å². The zero-order valence-electron chi connectivity index (χ0n) is 16.1. The van der Waals surface area contributed by atoms with Crippen LogP contribution in [-0.4, -0.2) is 47.3 Å². The van der Waals surface area contributed by atoms with E-state index in [0.29, 0.717) is 18.2 Å². The molecule has 4 rings (SSSR count). The van der Waals surface area contributed by atoms with E-state index in [-0.39, 0.29) is 11.5 Å². The lowest BCUT2D eigenvalue weighted by Gasteiger charge is -2.47. The Balaban J connectivity index is 1.51. The van der Waals surface area contributed by atoms with Gasteiger partial charge in [0.15, 0.2) is 6.29 Å². The summed E-state index contributed by atoms with van der Waals surface area (Å²) >= 11 is 7.53. The number of hydrogen-bond donors (Lipinski definition) is 1. The molecule has 2 aromatic rings. The van der Waals surface area contributed by atoms with Gasteiger partial charge in [0.2, 0.25) is 0 Å². The van der Waals surface area contributed by atoms with Crippen LogP contribution in [-0.2, 0) is 25.6 Å². The summed E-state index contributed by atoms with van der Waals surface area (Å²) < 4.78 is 24.4. The second kappa shape index (κ2) is 9.79. The number of aliphatic hydroxyl groups is 1. The first-order valence-electron chi connectivity index (χ1n) is 9.79. The molecule has 1 N–H and O–H groups in total. The maximum absolute atomic E-state index is 11.0. The van der Waals surface area contributed by atoms with Crippen molar-refractivity contribution in [2.75, 3.05) is 12.4 Å². The molecule has 2 fully saturated rings. The molecule has 1 unspecified atom stereocenters. The summed E-state index contributed by atoms with van der Waals surface area (Å²) in [6, 6.07) is 17.3. The number of hydrogen-bond acceptors (Lipinski definition) is 6. The van der Waals surface area contributed by atoms with E-state index in [1.54, 1.807) is 11.8 Å². The van der Waals surface area contributed by atoms with Crippen LogP contribution in [0, 0.1) is 0 Å². The molecule has 2 saturated heterocycles. The molecule has 0 spiro atoms. The summed E-state index contributed by atoms with van der Waals surface area (Å²) in [6.45, 7) is 2.78. The zero-order valence-corrected chi connectivity index (χ0v) is 17.7. The summed E-state index contributed by atoms with van der Waals surface area (Å²) in [5, 5.41) is 11.6. The molecule has 2 aromatic carbocycles. The van der Waals surface area contributed by atoms with E-state index in [4.69, 9.17) is 30.5 Å². The third-order valence-corrected chi connectivity index (χ3v) is 6.37. The Morgan fingerprint density at radius 2 is 1.86 bits per heavy atom. The number of benzene rings is 2. The molecule has 7 heteroatoms. The highest BCUT2D eigenvalue weighted by Gasteiger charge is 2.50. The summed E-state index contributed by atoms with van der Waals surface area (Å²) in [4.78, 5) is 0. The summed E-state index contributed by atoms with van der Waals surface area (Å²) in [5.74, 6) is 0.831. The molecule has 5 nitrogen and oxygen atoms in total. The second-order valence-electron chi connectivity index (χ2n) is 7.07. The second-order valence-corrected chi connectivity index (χ2v) is 8.88. The minimum absolute atomic E-state index is 0.294. The van der Waals surface area contributed by atoms with Crippen molar-refractivity contribution in [1.82, 2.24) is 0 Å². The van der Waals surface area contributed by atoms with Crippen molar-refractivity contribution in [1.29, 1.82) is 0 Å². The first kappa shape index (κ1) is 21.1. The predicted molar refractivity (Wildman–Crippen MR) is 113 cm³/mol. The molecule has 0 aliphatic carbocycles. The zero-order chi connectivity index (χ0) is 20.2. The standard InChI is InChI=1S/C22H25ClO5S/c1-2-29-22-18(24)20(25-12-14-8-10-16(23)11-9-14)19-17(27-22)13-26-21(28-19)15-6-4-3-5-7-15/h3-11,17-22,24H,2,12-13H2,1H3/t17-,18-,19-,20-,21?,22+/m1/s1. The van der Waals surface area contributed by atoms with E-state index in [1.807, 2.05) is 61.5 Å². The molecular weight excluding hydrogens is 412 g/mol. The van der Waals surface area contributed by atoms with Gasteiger partial charge in [-0.1, -0.05) is 61.0 Å². The fraction of sp³-hybridized carbons (Fsp3) is 0.455. The molecule has 0 amide bonds. The van der Waals surface area contributed by atoms with Crippen molar-refractivity contribution in [2.24, 2.45) is 0 Å². The Morgan fingerprint density at radius 1 is 1.10 bits per heavy atom. The van der Waals surface area contributed by atoms with Gasteiger partial charge in [0.05, 0.1) is 13.2 Å². The number of ether oxygens (including phenoxy) is 4. The maximum atomic E-state index is 11.0. The quantitative estimate of drug-likeness (QED) is 0.733. The van der Waals surface area contributed by atoms with Crippen LogP contribution in [0.2, 0.25) is 5.02 Å². The lowest BCUT2D eigenvalue weighted by molar-refractivity contribution is -0.325. The molecule has 0 radical (unpaired) electrons. The summed E-state index contributed by atoms with van der Waals surface area (Å²) in [7, 11) is 0. The highest BCUT2D eigenvalue weighted by atomic mass is 35.5. The van der Waals surface area contributed by atoms with Gasteiger partial charge in [-0.15, -0.1) is 11.8 Å². The number of halogens is 1. The smallest absolute Gasteiger partial charge is 0.184 e. The molecular formula is C22H25ClO5S. The van der Waals surface area contributed by atoms with Crippen molar-refractivity contribution in [3.8, 4) is 0 Å². The number of thioether (sulfide) groups is 1. The summed E-state index contributed by atoms with van der Waals surface area (Å²) in [6.07, 6.45) is -2.56. The number of aliphatic hydroxyl groups excluding tert-OH is 1. The number of fused-ring (bicyclic) bond motifs is 1. The largest absolute Gasteiger partial charge is 0.387 e. The minimum Gasteiger partial charge on any atom is -0.387 e. The third-order valence-electron chi connectivity index (χ3n) is 5.07. The van der Waals surface area contributed by atoms with Crippen molar-refractivity contribution < 1.29 is 24.1 Å². The monoisotopic (exact) mass is 436 g/mol. The molecule has 0 aromatic heterocycles. The van der Waals surface area contributed by atoms with E-state index in [9.17, 15) is 5.11 Å². The van der Waals surface area contributed by atoms with Crippen LogP contribution in [0.3, 0.4) is 0 Å². The highest BCUT2D eigenvalue weighted by Crippen LogP contribution is 2.38. The maximum Gasteiger partial charge on any atom is 0.184 e. The van der Waals surface area contributed by atoms with Gasteiger partial charge in [-0.25, -0.2) is 0 Å². The van der Waals surface area contributed by atoms with Crippen LogP contribution in [0.15, 0.2) is 54.6 Å². The van der Waals surface area contributed by atoms with Crippen LogP contribution in [0.25, 0.3) is 0 Å². The van der Waals surface area contributed by atoms with Gasteiger partial charge in [0.25, 0.3) is 0 Å². The van der Waals surface area contributed by atoms with E-state index < -0.39 is 24.6 Å². The van der Waals surface area contributed by atoms with Gasteiger partial charge in [-0.05, 0) is 23.4 Å². The van der Waals surface area contributed by atoms with Crippen LogP contribution < -0.4 is 0 Å². The van der Waals surface area contributed by atoms with Gasteiger partial charge in [0, 0.05) is 10.6 Å². The number of rotatable bonds is 6. The van der Waals surface area contributed by atoms with Crippen molar-refractivity contribution in [2.45, 2.75) is 49.7 Å². The third kappa shape index (κ3) is 4.97. The van der Waals surface area contributed by atoms with Crippen LogP contribution >= 0.6 is 23.4 Å². The molecule has 156 valence electrons.